The highest BCUT2D eigenvalue weighted by molar-refractivity contribution is 8.14. The smallest absolute Gasteiger partial charge is 0.157 e. The Morgan fingerprint density at radius 1 is 1.69 bits per heavy atom. The van der Waals surface area contributed by atoms with Crippen LogP contribution in [0.4, 0.5) is 0 Å². The zero-order chi connectivity index (χ0) is 11.6. The molecule has 5 nitrogen and oxygen atoms in total. The summed E-state index contributed by atoms with van der Waals surface area (Å²) in [5.74, 6) is 1.97. The minimum atomic E-state index is 0.198. The van der Waals surface area contributed by atoms with Crippen molar-refractivity contribution in [1.29, 1.82) is 0 Å². The van der Waals surface area contributed by atoms with Crippen molar-refractivity contribution in [3.63, 3.8) is 0 Å². The van der Waals surface area contributed by atoms with Crippen LogP contribution in [0, 0.1) is 0 Å². The minimum absolute atomic E-state index is 0.198. The third kappa shape index (κ3) is 2.37. The summed E-state index contributed by atoms with van der Waals surface area (Å²) in [6.45, 7) is 5.01. The number of nitrogens with zero attached hydrogens (tertiary/aromatic N) is 4. The second-order valence-electron chi connectivity index (χ2n) is 4.31. The number of rotatable bonds is 3. The summed E-state index contributed by atoms with van der Waals surface area (Å²) < 4.78 is 1.89. The van der Waals surface area contributed by atoms with Crippen molar-refractivity contribution in [1.82, 2.24) is 20.1 Å². The van der Waals surface area contributed by atoms with Crippen LogP contribution in [0.5, 0.6) is 0 Å². The van der Waals surface area contributed by atoms with Gasteiger partial charge < -0.3 is 9.88 Å². The molecular formula is C10H17N5S. The Labute approximate surface area is 99.7 Å². The Morgan fingerprint density at radius 2 is 2.50 bits per heavy atom. The summed E-state index contributed by atoms with van der Waals surface area (Å²) in [6, 6.07) is 0. The summed E-state index contributed by atoms with van der Waals surface area (Å²) in [7, 11) is 1.93. The first-order chi connectivity index (χ1) is 7.63. The minimum Gasteiger partial charge on any atom is -0.359 e. The van der Waals surface area contributed by atoms with Crippen LogP contribution in [0.15, 0.2) is 11.3 Å². The van der Waals surface area contributed by atoms with Crippen LogP contribution < -0.4 is 5.32 Å². The highest BCUT2D eigenvalue weighted by atomic mass is 32.2. The van der Waals surface area contributed by atoms with E-state index in [1.54, 1.807) is 18.1 Å². The molecule has 2 heterocycles. The molecule has 1 N–H and O–H groups in total. The first-order valence-electron chi connectivity index (χ1n) is 5.41. The summed E-state index contributed by atoms with van der Waals surface area (Å²) in [5.41, 5.74) is 0.198. The van der Waals surface area contributed by atoms with Crippen LogP contribution in [0.25, 0.3) is 0 Å². The van der Waals surface area contributed by atoms with Gasteiger partial charge in [-0.05, 0) is 13.3 Å². The van der Waals surface area contributed by atoms with Gasteiger partial charge in [0.05, 0.1) is 0 Å². The summed E-state index contributed by atoms with van der Waals surface area (Å²) in [6.07, 6.45) is 2.81. The van der Waals surface area contributed by atoms with E-state index < -0.39 is 0 Å². The Bertz CT molecular complexity index is 400. The zero-order valence-corrected chi connectivity index (χ0v) is 10.7. The van der Waals surface area contributed by atoms with E-state index in [0.717, 1.165) is 23.2 Å². The molecule has 0 bridgehead atoms. The summed E-state index contributed by atoms with van der Waals surface area (Å²) in [5, 5.41) is 12.3. The molecule has 1 aromatic heterocycles. The van der Waals surface area contributed by atoms with Gasteiger partial charge in [-0.2, -0.15) is 0 Å². The lowest BCUT2D eigenvalue weighted by molar-refractivity contribution is 0.466. The topological polar surface area (TPSA) is 55.1 Å². The lowest BCUT2D eigenvalue weighted by Gasteiger charge is -2.20. The molecule has 2 rings (SSSR count). The van der Waals surface area contributed by atoms with Crippen molar-refractivity contribution in [2.45, 2.75) is 32.4 Å². The molecule has 1 aromatic rings. The molecule has 1 saturated heterocycles. The van der Waals surface area contributed by atoms with Gasteiger partial charge in [0.1, 0.15) is 12.9 Å². The van der Waals surface area contributed by atoms with E-state index in [2.05, 4.69) is 34.4 Å². The van der Waals surface area contributed by atoms with Gasteiger partial charge in [-0.15, -0.1) is 10.2 Å². The fourth-order valence-electron chi connectivity index (χ4n) is 1.43. The van der Waals surface area contributed by atoms with E-state index in [4.69, 9.17) is 0 Å². The third-order valence-electron chi connectivity index (χ3n) is 2.89. The number of aromatic nitrogens is 3. The van der Waals surface area contributed by atoms with Crippen LogP contribution in [0.1, 0.15) is 26.1 Å². The Kier molecular flexibility index (Phi) is 3.18. The van der Waals surface area contributed by atoms with Crippen molar-refractivity contribution < 1.29 is 0 Å². The Morgan fingerprint density at radius 3 is 3.06 bits per heavy atom. The molecule has 0 aliphatic carbocycles. The van der Waals surface area contributed by atoms with Gasteiger partial charge in [0.2, 0.25) is 0 Å². The standard InChI is InChI=1S/C10H17N5S/c1-4-10(2)6-16-9(13-10)11-5-8-14-12-7-15(8)3/h7H,4-6H2,1-3H3,(H,11,13). The SMILES string of the molecule is CCC1(C)CSC(=NCc2nncn2C)N1. The summed E-state index contributed by atoms with van der Waals surface area (Å²) in [4.78, 5) is 4.52. The van der Waals surface area contributed by atoms with E-state index in [1.165, 1.54) is 0 Å². The second-order valence-corrected chi connectivity index (χ2v) is 5.27. The maximum Gasteiger partial charge on any atom is 0.157 e. The van der Waals surface area contributed by atoms with Crippen molar-refractivity contribution in [2.24, 2.45) is 12.0 Å². The molecule has 1 fully saturated rings. The molecule has 1 aliphatic rings. The monoisotopic (exact) mass is 239 g/mol. The Balaban J connectivity index is 1.98. The average Bonchev–Trinajstić information content (AvgIpc) is 2.84. The largest absolute Gasteiger partial charge is 0.359 e. The van der Waals surface area contributed by atoms with E-state index in [9.17, 15) is 0 Å². The number of hydrogen-bond acceptors (Lipinski definition) is 4. The molecule has 1 unspecified atom stereocenters. The first kappa shape index (κ1) is 11.4. The molecule has 1 aliphatic heterocycles. The van der Waals surface area contributed by atoms with Gasteiger partial charge in [-0.25, -0.2) is 0 Å². The van der Waals surface area contributed by atoms with Gasteiger partial charge in [-0.3, -0.25) is 4.99 Å². The van der Waals surface area contributed by atoms with Crippen LogP contribution in [-0.4, -0.2) is 31.2 Å². The van der Waals surface area contributed by atoms with Crippen LogP contribution >= 0.6 is 11.8 Å². The van der Waals surface area contributed by atoms with Gasteiger partial charge in [0, 0.05) is 18.3 Å². The van der Waals surface area contributed by atoms with E-state index >= 15 is 0 Å². The summed E-state index contributed by atoms with van der Waals surface area (Å²) >= 11 is 1.78. The molecule has 0 saturated carbocycles. The first-order valence-corrected chi connectivity index (χ1v) is 6.40. The highest BCUT2D eigenvalue weighted by Crippen LogP contribution is 2.25. The van der Waals surface area contributed by atoms with Gasteiger partial charge in [0.25, 0.3) is 0 Å². The van der Waals surface area contributed by atoms with E-state index in [-0.39, 0.29) is 5.54 Å². The molecule has 0 radical (unpaired) electrons. The van der Waals surface area contributed by atoms with Gasteiger partial charge >= 0.3 is 0 Å². The predicted octanol–water partition coefficient (Wildman–Crippen LogP) is 1.18. The quantitative estimate of drug-likeness (QED) is 0.860. The second kappa shape index (κ2) is 4.45. The van der Waals surface area contributed by atoms with E-state index in [1.807, 2.05) is 11.6 Å². The van der Waals surface area contributed by atoms with Gasteiger partial charge in [-0.1, -0.05) is 18.7 Å². The van der Waals surface area contributed by atoms with Crippen LogP contribution in [0.2, 0.25) is 0 Å². The van der Waals surface area contributed by atoms with Gasteiger partial charge in [0.15, 0.2) is 11.0 Å². The number of aryl methyl sites for hydroxylation is 1. The molecule has 88 valence electrons. The van der Waals surface area contributed by atoms with Crippen molar-refractivity contribution in [3.8, 4) is 0 Å². The van der Waals surface area contributed by atoms with E-state index in [0.29, 0.717) is 6.54 Å². The normalized spacial score (nSPS) is 27.3. The predicted molar refractivity (Wildman–Crippen MR) is 66.4 cm³/mol. The lowest BCUT2D eigenvalue weighted by atomic mass is 10.0. The van der Waals surface area contributed by atoms with Crippen molar-refractivity contribution >= 4 is 16.9 Å². The number of aliphatic imine (C=N–C) groups is 1. The molecule has 16 heavy (non-hydrogen) atoms. The number of hydrogen-bond donors (Lipinski definition) is 1. The number of thioether (sulfide) groups is 1. The number of nitrogens with one attached hydrogen (secondary N) is 1. The number of amidine groups is 1. The fraction of sp³-hybridized carbons (Fsp3) is 0.700. The molecule has 6 heteroatoms. The average molecular weight is 239 g/mol. The van der Waals surface area contributed by atoms with Crippen molar-refractivity contribution in [2.75, 3.05) is 5.75 Å². The Hall–Kier alpha value is -1.04. The molecular weight excluding hydrogens is 222 g/mol. The highest BCUT2D eigenvalue weighted by Gasteiger charge is 2.30. The van der Waals surface area contributed by atoms with Crippen molar-refractivity contribution in [3.05, 3.63) is 12.2 Å². The molecule has 0 amide bonds. The third-order valence-corrected chi connectivity index (χ3v) is 4.17. The zero-order valence-electron chi connectivity index (χ0n) is 9.90. The van der Waals surface area contributed by atoms with Crippen LogP contribution in [-0.2, 0) is 13.6 Å². The molecule has 0 aromatic carbocycles. The maximum absolute atomic E-state index is 4.52. The fourth-order valence-corrected chi connectivity index (χ4v) is 2.63. The molecule has 0 spiro atoms. The molecule has 1 atom stereocenters. The maximum atomic E-state index is 4.52. The van der Waals surface area contributed by atoms with Crippen LogP contribution in [0.3, 0.4) is 0 Å². The lowest BCUT2D eigenvalue weighted by Crippen LogP contribution is -2.39.